The highest BCUT2D eigenvalue weighted by molar-refractivity contribution is 7.84. The Hall–Kier alpha value is -2.59. The van der Waals surface area contributed by atoms with Crippen LogP contribution in [0.1, 0.15) is 74.9 Å². The second-order valence-corrected chi connectivity index (χ2v) is 13.5. The van der Waals surface area contributed by atoms with Gasteiger partial charge in [0.1, 0.15) is 0 Å². The summed E-state index contributed by atoms with van der Waals surface area (Å²) in [5.41, 5.74) is 3.32. The smallest absolute Gasteiger partial charge is 0.159 e. The number of piperidine rings is 1. The zero-order valence-corrected chi connectivity index (χ0v) is 23.8. The van der Waals surface area contributed by atoms with Crippen LogP contribution < -0.4 is 4.72 Å². The van der Waals surface area contributed by atoms with E-state index >= 15 is 0 Å². The van der Waals surface area contributed by atoms with Gasteiger partial charge >= 0.3 is 0 Å². The Morgan fingerprint density at radius 2 is 1.85 bits per heavy atom. The molecule has 6 nitrogen and oxygen atoms in total. The van der Waals surface area contributed by atoms with Crippen molar-refractivity contribution < 1.29 is 17.7 Å². The van der Waals surface area contributed by atoms with Gasteiger partial charge in [0, 0.05) is 43.8 Å². The first-order valence-electron chi connectivity index (χ1n) is 13.5. The van der Waals surface area contributed by atoms with Crippen molar-refractivity contribution in [2.45, 2.75) is 76.0 Å². The van der Waals surface area contributed by atoms with Gasteiger partial charge in [0.2, 0.25) is 0 Å². The molecule has 0 bridgehead atoms. The Balaban J connectivity index is 1.35. The van der Waals surface area contributed by atoms with Gasteiger partial charge < -0.3 is 4.74 Å². The predicted molar refractivity (Wildman–Crippen MR) is 148 cm³/mol. The first-order chi connectivity index (χ1) is 18.6. The normalized spacial score (nSPS) is 19.5. The molecule has 2 aromatic heterocycles. The minimum atomic E-state index is -1.48. The van der Waals surface area contributed by atoms with E-state index in [-0.39, 0.29) is 5.60 Å². The molecule has 1 N–H and O–H groups in total. The topological polar surface area (TPSA) is 67.4 Å². The quantitative estimate of drug-likeness (QED) is 0.419. The summed E-state index contributed by atoms with van der Waals surface area (Å²) in [6.07, 6.45) is 7.87. The summed E-state index contributed by atoms with van der Waals surface area (Å²) in [5, 5.41) is 0. The second-order valence-electron chi connectivity index (χ2n) is 11.5. The van der Waals surface area contributed by atoms with E-state index in [1.807, 2.05) is 64.5 Å². The summed E-state index contributed by atoms with van der Waals surface area (Å²) in [4.78, 5) is 11.5. The van der Waals surface area contributed by atoms with Crippen molar-refractivity contribution in [2.75, 3.05) is 13.1 Å². The summed E-state index contributed by atoms with van der Waals surface area (Å²) in [7, 11) is -1.48. The van der Waals surface area contributed by atoms with Gasteiger partial charge in [0.15, 0.2) is 11.6 Å². The maximum Gasteiger partial charge on any atom is 0.159 e. The lowest BCUT2D eigenvalue weighted by Gasteiger charge is -2.39. The number of nitrogens with zero attached hydrogens (tertiary/aromatic N) is 3. The number of pyridine rings is 2. The molecule has 1 aromatic carbocycles. The predicted octanol–water partition coefficient (Wildman–Crippen LogP) is 5.48. The third-order valence-electron chi connectivity index (χ3n) is 8.00. The van der Waals surface area contributed by atoms with Crippen molar-refractivity contribution >= 4 is 11.0 Å². The van der Waals surface area contributed by atoms with Gasteiger partial charge in [-0.1, -0.05) is 19.1 Å². The van der Waals surface area contributed by atoms with Crippen molar-refractivity contribution in [3.63, 3.8) is 0 Å². The van der Waals surface area contributed by atoms with E-state index in [0.717, 1.165) is 44.1 Å². The molecule has 0 amide bonds. The summed E-state index contributed by atoms with van der Waals surface area (Å²) >= 11 is 0. The molecule has 39 heavy (non-hydrogen) atoms. The maximum absolute atomic E-state index is 14.3. The molecule has 208 valence electrons. The molecule has 0 unspecified atom stereocenters. The molecular formula is C30H36F2N4O2S. The zero-order valence-electron chi connectivity index (χ0n) is 23.0. The molecule has 0 radical (unpaired) electrons. The number of aromatic nitrogens is 2. The van der Waals surface area contributed by atoms with Crippen LogP contribution in [0.4, 0.5) is 8.78 Å². The fourth-order valence-electron chi connectivity index (χ4n) is 5.56. The lowest BCUT2D eigenvalue weighted by Crippen LogP contribution is -2.49. The third-order valence-corrected chi connectivity index (χ3v) is 9.65. The fraction of sp³-hybridized carbons (Fsp3) is 0.467. The van der Waals surface area contributed by atoms with Crippen molar-refractivity contribution in [1.82, 2.24) is 19.6 Å². The van der Waals surface area contributed by atoms with Crippen LogP contribution in [0.2, 0.25) is 0 Å². The van der Waals surface area contributed by atoms with E-state index in [2.05, 4.69) is 14.6 Å². The monoisotopic (exact) mass is 554 g/mol. The zero-order chi connectivity index (χ0) is 27.8. The molecule has 3 aromatic rings. The van der Waals surface area contributed by atoms with E-state index in [1.54, 1.807) is 0 Å². The van der Waals surface area contributed by atoms with Gasteiger partial charge in [-0.2, -0.15) is 0 Å². The van der Waals surface area contributed by atoms with E-state index in [9.17, 15) is 13.0 Å². The van der Waals surface area contributed by atoms with Crippen LogP contribution in [0.25, 0.3) is 0 Å². The molecular weight excluding hydrogens is 518 g/mol. The lowest BCUT2D eigenvalue weighted by molar-refractivity contribution is -0.0800. The van der Waals surface area contributed by atoms with E-state index < -0.39 is 32.9 Å². The number of fused-ring (bicyclic) bond motifs is 2. The molecule has 4 heterocycles. The number of rotatable bonds is 7. The number of halogens is 2. The molecule has 1 saturated heterocycles. The Bertz CT molecular complexity index is 1350. The highest BCUT2D eigenvalue weighted by Gasteiger charge is 2.43. The van der Waals surface area contributed by atoms with Gasteiger partial charge in [0.05, 0.1) is 39.2 Å². The standard InChI is InChI=1S/C30H36F2N4O2S/c1-5-30(35-39(37)28(2,3)4,23-7-8-25(31)26(32)16-23)27-9-6-21(17-34-27)19-36-14-11-29(12-15-36)24-18-33-13-10-22(24)20-38-29/h6-10,13,16-18,35H,5,11-12,14-15,19-20H2,1-4H3/t30-,39+/m1/s1. The number of ether oxygens (including phenoxy) is 1. The van der Waals surface area contributed by atoms with Gasteiger partial charge in [-0.3, -0.25) is 14.9 Å². The van der Waals surface area contributed by atoms with E-state index in [0.29, 0.717) is 24.3 Å². The number of nitrogens with one attached hydrogen (secondary N) is 1. The Labute approximate surface area is 231 Å². The van der Waals surface area contributed by atoms with Crippen LogP contribution >= 0.6 is 0 Å². The molecule has 0 aliphatic carbocycles. The summed E-state index contributed by atoms with van der Waals surface area (Å²) in [5.74, 6) is -1.87. The summed E-state index contributed by atoms with van der Waals surface area (Å²) < 4.78 is 50.3. The maximum atomic E-state index is 14.3. The number of hydrogen-bond donors (Lipinski definition) is 1. The third kappa shape index (κ3) is 5.42. The first kappa shape index (κ1) is 28.0. The molecule has 2 aliphatic heterocycles. The average molecular weight is 555 g/mol. The highest BCUT2D eigenvalue weighted by Crippen LogP contribution is 2.44. The second kappa shape index (κ2) is 10.8. The Morgan fingerprint density at radius 3 is 2.49 bits per heavy atom. The summed E-state index contributed by atoms with van der Waals surface area (Å²) in [6.45, 7) is 10.7. The minimum Gasteiger partial charge on any atom is -0.365 e. The van der Waals surface area contributed by atoms with Gasteiger partial charge in [0.25, 0.3) is 0 Å². The van der Waals surface area contributed by atoms with Crippen LogP contribution in [-0.2, 0) is 40.0 Å². The number of benzene rings is 1. The Morgan fingerprint density at radius 1 is 1.08 bits per heavy atom. The lowest BCUT2D eigenvalue weighted by atomic mass is 9.84. The molecule has 2 atom stereocenters. The van der Waals surface area contributed by atoms with Crippen LogP contribution in [0.5, 0.6) is 0 Å². The van der Waals surface area contributed by atoms with Gasteiger partial charge in [-0.05, 0) is 81.0 Å². The average Bonchev–Trinajstić information content (AvgIpc) is 3.28. The molecule has 5 rings (SSSR count). The summed E-state index contributed by atoms with van der Waals surface area (Å²) in [6, 6.07) is 9.78. The molecule has 1 spiro atoms. The van der Waals surface area contributed by atoms with Crippen molar-refractivity contribution in [3.8, 4) is 0 Å². The fourth-order valence-corrected chi connectivity index (χ4v) is 6.55. The van der Waals surface area contributed by atoms with Gasteiger partial charge in [-0.25, -0.2) is 17.7 Å². The molecule has 2 aliphatic rings. The van der Waals surface area contributed by atoms with E-state index in [4.69, 9.17) is 9.72 Å². The number of hydrogen-bond acceptors (Lipinski definition) is 5. The van der Waals surface area contributed by atoms with Crippen LogP contribution in [0.15, 0.2) is 55.0 Å². The van der Waals surface area contributed by atoms with Crippen molar-refractivity contribution in [1.29, 1.82) is 0 Å². The molecule has 1 fully saturated rings. The van der Waals surface area contributed by atoms with Crippen molar-refractivity contribution in [3.05, 3.63) is 94.6 Å². The van der Waals surface area contributed by atoms with Crippen LogP contribution in [0.3, 0.4) is 0 Å². The molecule has 9 heteroatoms. The SMILES string of the molecule is CC[C@@](N[S@@](=O)C(C)(C)C)(c1ccc(F)c(F)c1)c1ccc(CN2CCC3(CC2)OCc2ccncc23)cn1. The van der Waals surface area contributed by atoms with Gasteiger partial charge in [-0.15, -0.1) is 0 Å². The molecule has 0 saturated carbocycles. The van der Waals surface area contributed by atoms with Crippen molar-refractivity contribution in [2.24, 2.45) is 0 Å². The first-order valence-corrected chi connectivity index (χ1v) is 14.6. The Kier molecular flexibility index (Phi) is 7.72. The van der Waals surface area contributed by atoms with E-state index in [1.165, 1.54) is 23.3 Å². The highest BCUT2D eigenvalue weighted by atomic mass is 32.2. The number of likely N-dealkylation sites (tertiary alicyclic amines) is 1. The minimum absolute atomic E-state index is 0.234. The van der Waals surface area contributed by atoms with Crippen LogP contribution in [-0.4, -0.2) is 36.9 Å². The largest absolute Gasteiger partial charge is 0.365 e. The van der Waals surface area contributed by atoms with Crippen LogP contribution in [0, 0.1) is 11.6 Å².